The zero-order chi connectivity index (χ0) is 18.9. The SMILES string of the molecule is O=c1ccc(S(=O)(=O)N2CCCC2)cn1Cc1ncc(-c2ccccc2)o1. The Morgan fingerprint density at radius 1 is 1.04 bits per heavy atom. The van der Waals surface area contributed by atoms with Crippen LogP contribution in [0, 0.1) is 0 Å². The van der Waals surface area contributed by atoms with Gasteiger partial charge in [-0.1, -0.05) is 30.3 Å². The summed E-state index contributed by atoms with van der Waals surface area (Å²) in [5.41, 5.74) is 0.573. The lowest BCUT2D eigenvalue weighted by atomic mass is 10.2. The van der Waals surface area contributed by atoms with Gasteiger partial charge >= 0.3 is 0 Å². The maximum absolute atomic E-state index is 12.7. The predicted octanol–water partition coefficient (Wildman–Crippen LogP) is 2.34. The highest BCUT2D eigenvalue weighted by Crippen LogP contribution is 2.21. The molecule has 0 amide bonds. The first-order valence-corrected chi connectivity index (χ1v) is 10.2. The number of nitrogens with zero attached hydrogens (tertiary/aromatic N) is 3. The molecule has 0 bridgehead atoms. The summed E-state index contributed by atoms with van der Waals surface area (Å²) in [4.78, 5) is 16.5. The Hall–Kier alpha value is -2.71. The minimum Gasteiger partial charge on any atom is -0.439 e. The predicted molar refractivity (Wildman–Crippen MR) is 99.7 cm³/mol. The molecule has 4 rings (SSSR count). The van der Waals surface area contributed by atoms with E-state index in [9.17, 15) is 13.2 Å². The van der Waals surface area contributed by atoms with Gasteiger partial charge in [-0.05, 0) is 18.9 Å². The summed E-state index contributed by atoms with van der Waals surface area (Å²) < 4.78 is 33.9. The van der Waals surface area contributed by atoms with Crippen LogP contribution in [0.2, 0.25) is 0 Å². The third kappa shape index (κ3) is 3.58. The molecule has 140 valence electrons. The van der Waals surface area contributed by atoms with Gasteiger partial charge in [-0.3, -0.25) is 4.79 Å². The second kappa shape index (κ2) is 7.13. The van der Waals surface area contributed by atoms with Gasteiger partial charge in [-0.2, -0.15) is 4.31 Å². The van der Waals surface area contributed by atoms with Crippen molar-refractivity contribution in [3.05, 3.63) is 71.1 Å². The zero-order valence-electron chi connectivity index (χ0n) is 14.6. The van der Waals surface area contributed by atoms with Crippen molar-refractivity contribution in [2.24, 2.45) is 0 Å². The van der Waals surface area contributed by atoms with Crippen molar-refractivity contribution in [2.75, 3.05) is 13.1 Å². The number of hydrogen-bond acceptors (Lipinski definition) is 5. The van der Waals surface area contributed by atoms with Crippen LogP contribution in [-0.2, 0) is 16.6 Å². The van der Waals surface area contributed by atoms with Crippen molar-refractivity contribution >= 4 is 10.0 Å². The third-order valence-corrected chi connectivity index (χ3v) is 6.46. The lowest BCUT2D eigenvalue weighted by Gasteiger charge is -2.16. The molecule has 0 atom stereocenters. The van der Waals surface area contributed by atoms with E-state index in [0.717, 1.165) is 18.4 Å². The van der Waals surface area contributed by atoms with Crippen LogP contribution in [0.25, 0.3) is 11.3 Å². The Labute approximate surface area is 156 Å². The normalized spacial score (nSPS) is 15.3. The highest BCUT2D eigenvalue weighted by atomic mass is 32.2. The van der Waals surface area contributed by atoms with E-state index < -0.39 is 10.0 Å². The van der Waals surface area contributed by atoms with E-state index in [1.807, 2.05) is 30.3 Å². The molecule has 8 heteroatoms. The van der Waals surface area contributed by atoms with Gasteiger partial charge in [0.15, 0.2) is 5.76 Å². The number of benzene rings is 1. The van der Waals surface area contributed by atoms with Gasteiger partial charge in [0.25, 0.3) is 5.56 Å². The summed E-state index contributed by atoms with van der Waals surface area (Å²) in [5.74, 6) is 0.936. The van der Waals surface area contributed by atoms with Crippen LogP contribution < -0.4 is 5.56 Å². The topological polar surface area (TPSA) is 85.4 Å². The maximum Gasteiger partial charge on any atom is 0.251 e. The van der Waals surface area contributed by atoms with Gasteiger partial charge < -0.3 is 8.98 Å². The van der Waals surface area contributed by atoms with E-state index in [1.165, 1.54) is 27.2 Å². The molecule has 0 radical (unpaired) electrons. The molecular formula is C19H19N3O4S. The van der Waals surface area contributed by atoms with Crippen LogP contribution in [-0.4, -0.2) is 35.4 Å². The van der Waals surface area contributed by atoms with Crippen LogP contribution in [0.5, 0.6) is 0 Å². The summed E-state index contributed by atoms with van der Waals surface area (Å²) in [7, 11) is -3.59. The molecule has 0 aliphatic carbocycles. The molecule has 0 N–H and O–H groups in total. The number of rotatable bonds is 5. The van der Waals surface area contributed by atoms with Gasteiger partial charge in [0.2, 0.25) is 15.9 Å². The van der Waals surface area contributed by atoms with Crippen molar-refractivity contribution < 1.29 is 12.8 Å². The molecule has 0 saturated carbocycles. The quantitative estimate of drug-likeness (QED) is 0.673. The minimum absolute atomic E-state index is 0.0645. The maximum atomic E-state index is 12.7. The molecule has 7 nitrogen and oxygen atoms in total. The summed E-state index contributed by atoms with van der Waals surface area (Å²) in [6.45, 7) is 1.10. The van der Waals surface area contributed by atoms with Crippen LogP contribution >= 0.6 is 0 Å². The van der Waals surface area contributed by atoms with E-state index in [2.05, 4.69) is 4.98 Å². The second-order valence-electron chi connectivity index (χ2n) is 6.43. The second-order valence-corrected chi connectivity index (χ2v) is 8.36. The van der Waals surface area contributed by atoms with E-state index >= 15 is 0 Å². The molecule has 27 heavy (non-hydrogen) atoms. The molecular weight excluding hydrogens is 366 g/mol. The van der Waals surface area contributed by atoms with Crippen LogP contribution in [0.15, 0.2) is 69.0 Å². The lowest BCUT2D eigenvalue weighted by Crippen LogP contribution is -2.29. The largest absolute Gasteiger partial charge is 0.439 e. The monoisotopic (exact) mass is 385 g/mol. The molecule has 1 aromatic carbocycles. The van der Waals surface area contributed by atoms with E-state index in [4.69, 9.17) is 4.42 Å². The third-order valence-electron chi connectivity index (χ3n) is 4.58. The first-order valence-electron chi connectivity index (χ1n) is 8.75. The van der Waals surface area contributed by atoms with Gasteiger partial charge in [0, 0.05) is 30.9 Å². The van der Waals surface area contributed by atoms with Gasteiger partial charge in [-0.25, -0.2) is 13.4 Å². The average molecular weight is 385 g/mol. The Bertz CT molecular complexity index is 1100. The number of pyridine rings is 1. The first kappa shape index (κ1) is 17.7. The fourth-order valence-corrected chi connectivity index (χ4v) is 4.67. The number of sulfonamides is 1. The molecule has 1 saturated heterocycles. The number of oxazole rings is 1. The minimum atomic E-state index is -3.59. The molecule has 3 aromatic rings. The van der Waals surface area contributed by atoms with E-state index in [0.29, 0.717) is 24.7 Å². The highest BCUT2D eigenvalue weighted by Gasteiger charge is 2.27. The summed E-state index contributed by atoms with van der Waals surface area (Å²) in [6.07, 6.45) is 4.68. The fourth-order valence-electron chi connectivity index (χ4n) is 3.13. The van der Waals surface area contributed by atoms with Crippen molar-refractivity contribution in [1.82, 2.24) is 13.9 Å². The van der Waals surface area contributed by atoms with E-state index in [1.54, 1.807) is 6.20 Å². The first-order chi connectivity index (χ1) is 13.0. The standard InChI is InChI=1S/C19H19N3O4S/c23-19-9-8-16(27(24,25)22-10-4-5-11-22)13-21(19)14-18-20-12-17(26-18)15-6-2-1-3-7-15/h1-3,6-9,12-13H,4-5,10-11,14H2. The molecule has 1 fully saturated rings. The Morgan fingerprint density at radius 2 is 1.78 bits per heavy atom. The number of hydrogen-bond donors (Lipinski definition) is 0. The summed E-state index contributed by atoms with van der Waals surface area (Å²) in [5, 5.41) is 0. The van der Waals surface area contributed by atoms with Crippen molar-refractivity contribution in [1.29, 1.82) is 0 Å². The molecule has 0 spiro atoms. The van der Waals surface area contributed by atoms with Gasteiger partial charge in [-0.15, -0.1) is 0 Å². The Kier molecular flexibility index (Phi) is 4.67. The molecule has 1 aliphatic rings. The highest BCUT2D eigenvalue weighted by molar-refractivity contribution is 7.89. The lowest BCUT2D eigenvalue weighted by molar-refractivity contribution is 0.471. The molecule has 2 aromatic heterocycles. The smallest absolute Gasteiger partial charge is 0.251 e. The molecule has 3 heterocycles. The van der Waals surface area contributed by atoms with Crippen molar-refractivity contribution in [3.8, 4) is 11.3 Å². The van der Waals surface area contributed by atoms with Crippen LogP contribution in [0.4, 0.5) is 0 Å². The van der Waals surface area contributed by atoms with Crippen LogP contribution in [0.3, 0.4) is 0 Å². The molecule has 1 aliphatic heterocycles. The van der Waals surface area contributed by atoms with Crippen molar-refractivity contribution in [3.63, 3.8) is 0 Å². The van der Waals surface area contributed by atoms with Crippen molar-refractivity contribution in [2.45, 2.75) is 24.3 Å². The Morgan fingerprint density at radius 3 is 2.52 bits per heavy atom. The Balaban J connectivity index is 1.61. The molecule has 0 unspecified atom stereocenters. The average Bonchev–Trinajstić information content (AvgIpc) is 3.36. The van der Waals surface area contributed by atoms with Gasteiger partial charge in [0.1, 0.15) is 6.54 Å². The summed E-state index contributed by atoms with van der Waals surface area (Å²) in [6, 6.07) is 12.1. The van der Waals surface area contributed by atoms with Gasteiger partial charge in [0.05, 0.1) is 11.1 Å². The summed E-state index contributed by atoms with van der Waals surface area (Å²) >= 11 is 0. The van der Waals surface area contributed by atoms with E-state index in [-0.39, 0.29) is 17.0 Å². The van der Waals surface area contributed by atoms with Crippen LogP contribution in [0.1, 0.15) is 18.7 Å². The fraction of sp³-hybridized carbons (Fsp3) is 0.263. The zero-order valence-corrected chi connectivity index (χ0v) is 15.4. The number of aromatic nitrogens is 2.